The molecule has 18 heavy (non-hydrogen) atoms. The van der Waals surface area contributed by atoms with Gasteiger partial charge in [-0.15, -0.1) is 0 Å². The summed E-state index contributed by atoms with van der Waals surface area (Å²) in [6, 6.07) is 7.58. The van der Waals surface area contributed by atoms with Crippen molar-refractivity contribution in [3.63, 3.8) is 0 Å². The summed E-state index contributed by atoms with van der Waals surface area (Å²) in [6.45, 7) is 0.577. The molecule has 0 radical (unpaired) electrons. The van der Waals surface area contributed by atoms with Gasteiger partial charge < -0.3 is 10.6 Å². The van der Waals surface area contributed by atoms with Crippen LogP contribution >= 0.6 is 15.9 Å². The first-order valence-corrected chi connectivity index (χ1v) is 6.76. The lowest BCUT2D eigenvalue weighted by Crippen LogP contribution is -2.42. The van der Waals surface area contributed by atoms with Gasteiger partial charge in [-0.2, -0.15) is 0 Å². The van der Waals surface area contributed by atoms with Crippen molar-refractivity contribution in [1.82, 2.24) is 10.6 Å². The van der Waals surface area contributed by atoms with Crippen molar-refractivity contribution in [2.45, 2.75) is 25.3 Å². The monoisotopic (exact) mass is 310 g/mol. The van der Waals surface area contributed by atoms with Crippen molar-refractivity contribution in [2.24, 2.45) is 0 Å². The van der Waals surface area contributed by atoms with E-state index in [0.29, 0.717) is 19.4 Å². The Morgan fingerprint density at radius 1 is 1.44 bits per heavy atom. The van der Waals surface area contributed by atoms with E-state index >= 15 is 0 Å². The van der Waals surface area contributed by atoms with Gasteiger partial charge in [0, 0.05) is 17.4 Å². The Balaban J connectivity index is 1.77. The Labute approximate surface area is 114 Å². The molecule has 1 heterocycles. The van der Waals surface area contributed by atoms with E-state index in [1.807, 2.05) is 24.3 Å². The van der Waals surface area contributed by atoms with E-state index < -0.39 is 0 Å². The Morgan fingerprint density at radius 3 is 2.89 bits per heavy atom. The number of carbonyl (C=O) groups excluding carboxylic acids is 2. The summed E-state index contributed by atoms with van der Waals surface area (Å²) in [5, 5.41) is 5.50. The third-order valence-electron chi connectivity index (χ3n) is 2.96. The van der Waals surface area contributed by atoms with Crippen molar-refractivity contribution >= 4 is 27.7 Å². The standard InChI is InChI=1S/C13H15BrN2O2/c14-10-4-2-1-3-9(10)7-8-15-13(18)11-5-6-12(17)16-11/h1-4,11H,5-8H2,(H,15,18)(H,16,17)/t11-/m0/s1. The van der Waals surface area contributed by atoms with Gasteiger partial charge in [0.15, 0.2) is 0 Å². The van der Waals surface area contributed by atoms with Crippen molar-refractivity contribution in [3.8, 4) is 0 Å². The number of rotatable bonds is 4. The number of benzene rings is 1. The summed E-state index contributed by atoms with van der Waals surface area (Å²) in [4.78, 5) is 22.7. The van der Waals surface area contributed by atoms with Gasteiger partial charge >= 0.3 is 0 Å². The smallest absolute Gasteiger partial charge is 0.242 e. The number of carbonyl (C=O) groups is 2. The fraction of sp³-hybridized carbons (Fsp3) is 0.385. The molecule has 1 atom stereocenters. The first-order chi connectivity index (χ1) is 8.66. The molecule has 0 saturated carbocycles. The highest BCUT2D eigenvalue weighted by Crippen LogP contribution is 2.15. The molecule has 1 fully saturated rings. The van der Waals surface area contributed by atoms with E-state index in [0.717, 1.165) is 16.5 Å². The van der Waals surface area contributed by atoms with Crippen LogP contribution in [0.1, 0.15) is 18.4 Å². The normalized spacial score (nSPS) is 18.5. The highest BCUT2D eigenvalue weighted by molar-refractivity contribution is 9.10. The maximum Gasteiger partial charge on any atom is 0.242 e. The van der Waals surface area contributed by atoms with Gasteiger partial charge in [0.1, 0.15) is 6.04 Å². The molecular weight excluding hydrogens is 296 g/mol. The molecule has 96 valence electrons. The lowest BCUT2D eigenvalue weighted by Gasteiger charge is -2.11. The fourth-order valence-electron chi connectivity index (χ4n) is 1.96. The summed E-state index contributed by atoms with van der Waals surface area (Å²) in [5.74, 6) is -0.131. The van der Waals surface area contributed by atoms with E-state index in [-0.39, 0.29) is 17.9 Å². The van der Waals surface area contributed by atoms with Gasteiger partial charge in [0.2, 0.25) is 11.8 Å². The topological polar surface area (TPSA) is 58.2 Å². The van der Waals surface area contributed by atoms with E-state index in [9.17, 15) is 9.59 Å². The minimum absolute atomic E-state index is 0.0408. The molecule has 1 saturated heterocycles. The maximum atomic E-state index is 11.7. The van der Waals surface area contributed by atoms with Crippen molar-refractivity contribution in [3.05, 3.63) is 34.3 Å². The van der Waals surface area contributed by atoms with Crippen LogP contribution < -0.4 is 10.6 Å². The maximum absolute atomic E-state index is 11.7. The lowest BCUT2D eigenvalue weighted by atomic mass is 10.1. The molecule has 1 aromatic rings. The average Bonchev–Trinajstić information content (AvgIpc) is 2.78. The number of halogens is 1. The first kappa shape index (κ1) is 13.1. The van der Waals surface area contributed by atoms with Gasteiger partial charge in [-0.3, -0.25) is 9.59 Å². The number of hydrogen-bond acceptors (Lipinski definition) is 2. The van der Waals surface area contributed by atoms with Crippen molar-refractivity contribution in [1.29, 1.82) is 0 Å². The Kier molecular flexibility index (Phi) is 4.36. The largest absolute Gasteiger partial charge is 0.354 e. The quantitative estimate of drug-likeness (QED) is 0.883. The average molecular weight is 311 g/mol. The third kappa shape index (κ3) is 3.32. The van der Waals surface area contributed by atoms with Gasteiger partial charge in [-0.1, -0.05) is 34.1 Å². The lowest BCUT2D eigenvalue weighted by molar-refractivity contribution is -0.125. The van der Waals surface area contributed by atoms with Crippen LogP contribution in [0.2, 0.25) is 0 Å². The first-order valence-electron chi connectivity index (χ1n) is 5.97. The van der Waals surface area contributed by atoms with E-state index in [2.05, 4.69) is 26.6 Å². The molecule has 0 aliphatic carbocycles. The van der Waals surface area contributed by atoms with Crippen LogP contribution in [-0.4, -0.2) is 24.4 Å². The van der Waals surface area contributed by atoms with Crippen LogP contribution in [0, 0.1) is 0 Å². The van der Waals surface area contributed by atoms with Crippen LogP contribution in [0.15, 0.2) is 28.7 Å². The number of amides is 2. The number of hydrogen-bond donors (Lipinski definition) is 2. The molecule has 0 bridgehead atoms. The molecule has 0 unspecified atom stereocenters. The molecule has 5 heteroatoms. The Hall–Kier alpha value is -1.36. The zero-order chi connectivity index (χ0) is 13.0. The van der Waals surface area contributed by atoms with Gasteiger partial charge in [-0.25, -0.2) is 0 Å². The van der Waals surface area contributed by atoms with Gasteiger partial charge in [-0.05, 0) is 24.5 Å². The van der Waals surface area contributed by atoms with Crippen LogP contribution in [0.4, 0.5) is 0 Å². The summed E-state index contributed by atoms with van der Waals surface area (Å²) >= 11 is 3.47. The summed E-state index contributed by atoms with van der Waals surface area (Å²) in [5.41, 5.74) is 1.16. The Morgan fingerprint density at radius 2 is 2.22 bits per heavy atom. The minimum Gasteiger partial charge on any atom is -0.354 e. The molecule has 0 aromatic heterocycles. The molecule has 2 N–H and O–H groups in total. The molecule has 1 aliphatic heterocycles. The highest BCUT2D eigenvalue weighted by atomic mass is 79.9. The molecule has 4 nitrogen and oxygen atoms in total. The zero-order valence-electron chi connectivity index (χ0n) is 9.91. The Bertz CT molecular complexity index is 462. The SMILES string of the molecule is O=C1CC[C@@H](C(=O)NCCc2ccccc2Br)N1. The summed E-state index contributed by atoms with van der Waals surface area (Å²) in [7, 11) is 0. The molecular formula is C13H15BrN2O2. The number of nitrogens with one attached hydrogen (secondary N) is 2. The molecule has 1 aromatic carbocycles. The summed E-state index contributed by atoms with van der Waals surface area (Å²) < 4.78 is 1.05. The second kappa shape index (κ2) is 6.00. The second-order valence-corrected chi connectivity index (χ2v) is 5.15. The molecule has 1 aliphatic rings. The zero-order valence-corrected chi connectivity index (χ0v) is 11.5. The van der Waals surface area contributed by atoms with E-state index in [4.69, 9.17) is 0 Å². The van der Waals surface area contributed by atoms with Crippen molar-refractivity contribution in [2.75, 3.05) is 6.54 Å². The highest BCUT2D eigenvalue weighted by Gasteiger charge is 2.26. The minimum atomic E-state index is -0.350. The van der Waals surface area contributed by atoms with Crippen LogP contribution in [0.5, 0.6) is 0 Å². The molecule has 0 spiro atoms. The predicted molar refractivity (Wildman–Crippen MR) is 72.0 cm³/mol. The molecule has 2 amide bonds. The fourth-order valence-corrected chi connectivity index (χ4v) is 2.44. The van der Waals surface area contributed by atoms with E-state index in [1.165, 1.54) is 0 Å². The van der Waals surface area contributed by atoms with E-state index in [1.54, 1.807) is 0 Å². The van der Waals surface area contributed by atoms with Gasteiger partial charge in [0.25, 0.3) is 0 Å². The predicted octanol–water partition coefficient (Wildman–Crippen LogP) is 1.39. The third-order valence-corrected chi connectivity index (χ3v) is 3.74. The van der Waals surface area contributed by atoms with Gasteiger partial charge in [0.05, 0.1) is 0 Å². The van der Waals surface area contributed by atoms with Crippen LogP contribution in [0.25, 0.3) is 0 Å². The second-order valence-electron chi connectivity index (χ2n) is 4.29. The van der Waals surface area contributed by atoms with Crippen molar-refractivity contribution < 1.29 is 9.59 Å². The molecule has 2 rings (SSSR count). The van der Waals surface area contributed by atoms with Crippen LogP contribution in [0.3, 0.4) is 0 Å². The van der Waals surface area contributed by atoms with Crippen LogP contribution in [-0.2, 0) is 16.0 Å². The summed E-state index contributed by atoms with van der Waals surface area (Å²) in [6.07, 6.45) is 1.82.